The summed E-state index contributed by atoms with van der Waals surface area (Å²) >= 11 is 0. The second-order valence-corrected chi connectivity index (χ2v) is 5.10. The highest BCUT2D eigenvalue weighted by Gasteiger charge is 2.30. The third-order valence-corrected chi connectivity index (χ3v) is 3.45. The van der Waals surface area contributed by atoms with Crippen LogP contribution in [0.4, 0.5) is 5.69 Å². The number of amides is 1. The minimum atomic E-state index is 0.141. The van der Waals surface area contributed by atoms with Crippen LogP contribution in [0.2, 0.25) is 0 Å². The molecule has 18 heavy (non-hydrogen) atoms. The molecule has 1 amide bonds. The average Bonchev–Trinajstić information content (AvgIpc) is 3.19. The molecular weight excluding hydrogens is 224 g/mol. The minimum absolute atomic E-state index is 0.141. The molecular formula is C15H22N2O. The van der Waals surface area contributed by atoms with E-state index >= 15 is 0 Å². The fourth-order valence-corrected chi connectivity index (χ4v) is 2.09. The Bertz CT molecular complexity index is 438. The summed E-state index contributed by atoms with van der Waals surface area (Å²) in [5.74, 6) is 0.141. The molecule has 1 aromatic rings. The van der Waals surface area contributed by atoms with Crippen LogP contribution in [-0.4, -0.2) is 30.4 Å². The van der Waals surface area contributed by atoms with Gasteiger partial charge in [0.25, 0.3) is 5.91 Å². The number of benzene rings is 1. The van der Waals surface area contributed by atoms with Crippen LogP contribution in [0.15, 0.2) is 18.2 Å². The van der Waals surface area contributed by atoms with E-state index in [0.717, 1.165) is 42.6 Å². The van der Waals surface area contributed by atoms with Crippen molar-refractivity contribution in [2.75, 3.05) is 18.9 Å². The van der Waals surface area contributed by atoms with Crippen LogP contribution in [-0.2, 0) is 0 Å². The van der Waals surface area contributed by atoms with Crippen molar-refractivity contribution in [3.8, 4) is 0 Å². The molecule has 3 nitrogen and oxygen atoms in total. The minimum Gasteiger partial charge on any atom is -0.385 e. The summed E-state index contributed by atoms with van der Waals surface area (Å²) in [6.07, 6.45) is 3.40. The van der Waals surface area contributed by atoms with Crippen molar-refractivity contribution in [3.05, 3.63) is 29.3 Å². The molecule has 1 fully saturated rings. The Balaban J connectivity index is 2.09. The van der Waals surface area contributed by atoms with E-state index in [-0.39, 0.29) is 5.91 Å². The van der Waals surface area contributed by atoms with Gasteiger partial charge in [-0.15, -0.1) is 0 Å². The molecule has 3 heteroatoms. The molecule has 1 saturated carbocycles. The molecule has 0 unspecified atom stereocenters. The monoisotopic (exact) mass is 246 g/mol. The first kappa shape index (κ1) is 12.9. The summed E-state index contributed by atoms with van der Waals surface area (Å²) in [6.45, 7) is 5.16. The fourth-order valence-electron chi connectivity index (χ4n) is 2.09. The molecule has 0 atom stereocenters. The third-order valence-electron chi connectivity index (χ3n) is 3.45. The maximum Gasteiger partial charge on any atom is 0.253 e. The first-order chi connectivity index (χ1) is 8.63. The summed E-state index contributed by atoms with van der Waals surface area (Å²) in [7, 11) is 1.90. The summed E-state index contributed by atoms with van der Waals surface area (Å²) in [6, 6.07) is 6.39. The standard InChI is InChI=1S/C15H22N2O/c1-4-9-16-14-8-5-12(10-11(14)2)15(18)17(3)13-6-7-13/h5,8,10,13,16H,4,6-7,9H2,1-3H3. The van der Waals surface area contributed by atoms with E-state index in [0.29, 0.717) is 6.04 Å². The normalized spacial score (nSPS) is 14.4. The Labute approximate surface area is 109 Å². The smallest absolute Gasteiger partial charge is 0.253 e. The van der Waals surface area contributed by atoms with E-state index in [9.17, 15) is 4.79 Å². The second kappa shape index (κ2) is 5.42. The zero-order valence-corrected chi connectivity index (χ0v) is 11.5. The maximum atomic E-state index is 12.2. The van der Waals surface area contributed by atoms with Crippen LogP contribution in [0.1, 0.15) is 42.1 Å². The molecule has 0 radical (unpaired) electrons. The van der Waals surface area contributed by atoms with Crippen molar-refractivity contribution in [1.82, 2.24) is 4.90 Å². The first-order valence-corrected chi connectivity index (χ1v) is 6.75. The number of nitrogens with one attached hydrogen (secondary N) is 1. The molecule has 0 aromatic heterocycles. The molecule has 1 N–H and O–H groups in total. The number of rotatable bonds is 5. The van der Waals surface area contributed by atoms with Gasteiger partial charge in [-0.2, -0.15) is 0 Å². The van der Waals surface area contributed by atoms with Gasteiger partial charge in [-0.3, -0.25) is 4.79 Å². The average molecular weight is 246 g/mol. The van der Waals surface area contributed by atoms with Crippen LogP contribution in [0.25, 0.3) is 0 Å². The molecule has 1 aliphatic carbocycles. The first-order valence-electron chi connectivity index (χ1n) is 6.75. The lowest BCUT2D eigenvalue weighted by Gasteiger charge is -2.17. The Morgan fingerprint density at radius 1 is 1.44 bits per heavy atom. The summed E-state index contributed by atoms with van der Waals surface area (Å²) < 4.78 is 0. The van der Waals surface area contributed by atoms with E-state index in [1.54, 1.807) is 0 Å². The van der Waals surface area contributed by atoms with Crippen molar-refractivity contribution < 1.29 is 4.79 Å². The third kappa shape index (κ3) is 2.84. The van der Waals surface area contributed by atoms with Gasteiger partial charge in [-0.25, -0.2) is 0 Å². The molecule has 0 aliphatic heterocycles. The van der Waals surface area contributed by atoms with Gasteiger partial charge in [0, 0.05) is 30.9 Å². The largest absolute Gasteiger partial charge is 0.385 e. The number of hydrogen-bond acceptors (Lipinski definition) is 2. The van der Waals surface area contributed by atoms with Gasteiger partial charge in [0.1, 0.15) is 0 Å². The van der Waals surface area contributed by atoms with Gasteiger partial charge in [0.15, 0.2) is 0 Å². The van der Waals surface area contributed by atoms with Gasteiger partial charge >= 0.3 is 0 Å². The zero-order chi connectivity index (χ0) is 13.1. The number of hydrogen-bond donors (Lipinski definition) is 1. The van der Waals surface area contributed by atoms with Crippen molar-refractivity contribution >= 4 is 11.6 Å². The summed E-state index contributed by atoms with van der Waals surface area (Å²) in [5.41, 5.74) is 3.06. The van der Waals surface area contributed by atoms with Gasteiger partial charge in [-0.05, 0) is 49.9 Å². The Morgan fingerprint density at radius 2 is 2.17 bits per heavy atom. The Morgan fingerprint density at radius 3 is 2.72 bits per heavy atom. The van der Waals surface area contributed by atoms with Crippen LogP contribution < -0.4 is 5.32 Å². The quantitative estimate of drug-likeness (QED) is 0.866. The van der Waals surface area contributed by atoms with Gasteiger partial charge in [0.2, 0.25) is 0 Å². The SMILES string of the molecule is CCCNc1ccc(C(=O)N(C)C2CC2)cc1C. The molecule has 98 valence electrons. The van der Waals surface area contributed by atoms with Crippen molar-refractivity contribution in [2.45, 2.75) is 39.2 Å². The lowest BCUT2D eigenvalue weighted by atomic mass is 10.1. The molecule has 0 spiro atoms. The van der Waals surface area contributed by atoms with Crippen LogP contribution >= 0.6 is 0 Å². The van der Waals surface area contributed by atoms with Crippen molar-refractivity contribution in [1.29, 1.82) is 0 Å². The number of carbonyl (C=O) groups is 1. The number of aryl methyl sites for hydroxylation is 1. The molecule has 1 aliphatic rings. The van der Waals surface area contributed by atoms with Crippen LogP contribution in [0.3, 0.4) is 0 Å². The maximum absolute atomic E-state index is 12.2. The molecule has 1 aromatic carbocycles. The lowest BCUT2D eigenvalue weighted by molar-refractivity contribution is 0.0785. The highest BCUT2D eigenvalue weighted by atomic mass is 16.2. The van der Waals surface area contributed by atoms with E-state index in [1.165, 1.54) is 0 Å². The fraction of sp³-hybridized carbons (Fsp3) is 0.533. The van der Waals surface area contributed by atoms with E-state index < -0.39 is 0 Å². The van der Waals surface area contributed by atoms with E-state index in [4.69, 9.17) is 0 Å². The van der Waals surface area contributed by atoms with Crippen molar-refractivity contribution in [3.63, 3.8) is 0 Å². The molecule has 2 rings (SSSR count). The number of nitrogens with zero attached hydrogens (tertiary/aromatic N) is 1. The van der Waals surface area contributed by atoms with Crippen molar-refractivity contribution in [2.24, 2.45) is 0 Å². The topological polar surface area (TPSA) is 32.3 Å². The molecule has 0 bridgehead atoms. The van der Waals surface area contributed by atoms with E-state index in [1.807, 2.05) is 37.1 Å². The van der Waals surface area contributed by atoms with Gasteiger partial charge in [0.05, 0.1) is 0 Å². The number of carbonyl (C=O) groups excluding carboxylic acids is 1. The Hall–Kier alpha value is -1.51. The highest BCUT2D eigenvalue weighted by molar-refractivity contribution is 5.95. The highest BCUT2D eigenvalue weighted by Crippen LogP contribution is 2.27. The summed E-state index contributed by atoms with van der Waals surface area (Å²) in [4.78, 5) is 14.1. The van der Waals surface area contributed by atoms with E-state index in [2.05, 4.69) is 12.2 Å². The van der Waals surface area contributed by atoms with Crippen LogP contribution in [0, 0.1) is 6.92 Å². The van der Waals surface area contributed by atoms with Gasteiger partial charge in [-0.1, -0.05) is 6.92 Å². The second-order valence-electron chi connectivity index (χ2n) is 5.10. The molecule has 0 heterocycles. The zero-order valence-electron chi connectivity index (χ0n) is 11.5. The van der Waals surface area contributed by atoms with Gasteiger partial charge < -0.3 is 10.2 Å². The number of anilines is 1. The lowest BCUT2D eigenvalue weighted by Crippen LogP contribution is -2.28. The Kier molecular flexibility index (Phi) is 3.90. The molecule has 0 saturated heterocycles. The predicted molar refractivity (Wildman–Crippen MR) is 75.1 cm³/mol. The summed E-state index contributed by atoms with van der Waals surface area (Å²) in [5, 5.41) is 3.37. The predicted octanol–water partition coefficient (Wildman–Crippen LogP) is 3.05. The van der Waals surface area contributed by atoms with Crippen LogP contribution in [0.5, 0.6) is 0 Å².